The predicted molar refractivity (Wildman–Crippen MR) is 110 cm³/mol. The lowest BCUT2D eigenvalue weighted by Crippen LogP contribution is -2.16. The third kappa shape index (κ3) is 4.40. The van der Waals surface area contributed by atoms with Crippen LogP contribution in [0.5, 0.6) is 0 Å². The molecule has 1 heterocycles. The SMILES string of the molecule is CCc1cccc(C)c1NC(=O)c1cc(Nc2ccc(C(C)=O)cc2)ncn1. The van der Waals surface area contributed by atoms with E-state index in [1.54, 1.807) is 30.3 Å². The minimum Gasteiger partial charge on any atom is -0.340 e. The summed E-state index contributed by atoms with van der Waals surface area (Å²) >= 11 is 0. The lowest BCUT2D eigenvalue weighted by molar-refractivity contribution is 0.101. The molecule has 0 aliphatic heterocycles. The van der Waals surface area contributed by atoms with Crippen LogP contribution < -0.4 is 10.6 Å². The number of nitrogens with one attached hydrogen (secondary N) is 2. The van der Waals surface area contributed by atoms with Crippen molar-refractivity contribution in [2.75, 3.05) is 10.6 Å². The van der Waals surface area contributed by atoms with Gasteiger partial charge in [-0.2, -0.15) is 0 Å². The fraction of sp³-hybridized carbons (Fsp3) is 0.182. The van der Waals surface area contributed by atoms with Gasteiger partial charge >= 0.3 is 0 Å². The van der Waals surface area contributed by atoms with Gasteiger partial charge in [-0.3, -0.25) is 9.59 Å². The maximum atomic E-state index is 12.7. The number of hydrogen-bond donors (Lipinski definition) is 2. The molecular weight excluding hydrogens is 352 g/mol. The zero-order chi connectivity index (χ0) is 20.1. The predicted octanol–water partition coefficient (Wildman–Crippen LogP) is 4.55. The van der Waals surface area contributed by atoms with E-state index in [0.29, 0.717) is 11.4 Å². The molecule has 0 saturated heterocycles. The molecule has 0 unspecified atom stereocenters. The minimum atomic E-state index is -0.290. The van der Waals surface area contributed by atoms with E-state index in [4.69, 9.17) is 0 Å². The highest BCUT2D eigenvalue weighted by Gasteiger charge is 2.13. The molecule has 1 amide bonds. The standard InChI is InChI=1S/C22H22N4O2/c1-4-16-7-5-6-14(2)21(16)26-22(28)19-12-20(24-13-23-19)25-18-10-8-17(9-11-18)15(3)27/h5-13H,4H2,1-3H3,(H,26,28)(H,23,24,25). The molecule has 3 rings (SSSR count). The zero-order valence-corrected chi connectivity index (χ0v) is 16.1. The van der Waals surface area contributed by atoms with Crippen LogP contribution in [0.15, 0.2) is 54.9 Å². The summed E-state index contributed by atoms with van der Waals surface area (Å²) in [5.74, 6) is 0.216. The Hall–Kier alpha value is -3.54. The Bertz CT molecular complexity index is 1010. The fourth-order valence-electron chi connectivity index (χ4n) is 2.87. The van der Waals surface area contributed by atoms with Crippen LogP contribution in [0.3, 0.4) is 0 Å². The van der Waals surface area contributed by atoms with Crippen LogP contribution in [0, 0.1) is 6.92 Å². The Labute approximate surface area is 164 Å². The Morgan fingerprint density at radius 3 is 2.46 bits per heavy atom. The largest absolute Gasteiger partial charge is 0.340 e. The summed E-state index contributed by atoms with van der Waals surface area (Å²) in [5.41, 5.74) is 4.57. The number of rotatable bonds is 6. The van der Waals surface area contributed by atoms with Crippen molar-refractivity contribution in [3.05, 3.63) is 77.2 Å². The van der Waals surface area contributed by atoms with Crippen molar-refractivity contribution in [3.8, 4) is 0 Å². The van der Waals surface area contributed by atoms with Crippen molar-refractivity contribution in [2.24, 2.45) is 0 Å². The van der Waals surface area contributed by atoms with Gasteiger partial charge in [0.1, 0.15) is 17.8 Å². The molecule has 0 aliphatic rings. The first kappa shape index (κ1) is 19.2. The molecule has 0 radical (unpaired) electrons. The fourth-order valence-corrected chi connectivity index (χ4v) is 2.87. The topological polar surface area (TPSA) is 84.0 Å². The van der Waals surface area contributed by atoms with Crippen LogP contribution in [0.4, 0.5) is 17.2 Å². The van der Waals surface area contributed by atoms with E-state index in [9.17, 15) is 9.59 Å². The first-order valence-corrected chi connectivity index (χ1v) is 9.08. The molecule has 142 valence electrons. The molecule has 0 atom stereocenters. The Balaban J connectivity index is 1.77. The molecule has 0 fully saturated rings. The lowest BCUT2D eigenvalue weighted by Gasteiger charge is -2.13. The number of para-hydroxylation sites is 1. The summed E-state index contributed by atoms with van der Waals surface area (Å²) < 4.78 is 0. The number of hydrogen-bond acceptors (Lipinski definition) is 5. The van der Waals surface area contributed by atoms with Crippen LogP contribution in [-0.4, -0.2) is 21.7 Å². The average Bonchev–Trinajstić information content (AvgIpc) is 2.70. The summed E-state index contributed by atoms with van der Waals surface area (Å²) in [4.78, 5) is 32.3. The van der Waals surface area contributed by atoms with Crippen molar-refractivity contribution in [3.63, 3.8) is 0 Å². The lowest BCUT2D eigenvalue weighted by atomic mass is 10.1. The molecule has 28 heavy (non-hydrogen) atoms. The number of carbonyl (C=O) groups is 2. The Morgan fingerprint density at radius 1 is 1.04 bits per heavy atom. The first-order chi connectivity index (χ1) is 13.5. The number of nitrogens with zero attached hydrogens (tertiary/aromatic N) is 2. The molecule has 3 aromatic rings. The third-order valence-electron chi connectivity index (χ3n) is 4.44. The highest BCUT2D eigenvalue weighted by molar-refractivity contribution is 6.04. The second kappa shape index (κ2) is 8.43. The van der Waals surface area contributed by atoms with Gasteiger partial charge in [0.25, 0.3) is 5.91 Å². The Kier molecular flexibility index (Phi) is 5.79. The van der Waals surface area contributed by atoms with E-state index >= 15 is 0 Å². The average molecular weight is 374 g/mol. The summed E-state index contributed by atoms with van der Waals surface area (Å²) in [7, 11) is 0. The van der Waals surface area contributed by atoms with Crippen LogP contribution in [0.2, 0.25) is 0 Å². The second-order valence-corrected chi connectivity index (χ2v) is 6.46. The molecule has 6 nitrogen and oxygen atoms in total. The van der Waals surface area contributed by atoms with E-state index in [2.05, 4.69) is 27.5 Å². The summed E-state index contributed by atoms with van der Waals surface area (Å²) in [6, 6.07) is 14.6. The van der Waals surface area contributed by atoms with Crippen molar-refractivity contribution < 1.29 is 9.59 Å². The monoisotopic (exact) mass is 374 g/mol. The zero-order valence-electron chi connectivity index (χ0n) is 16.1. The number of Topliss-reactive ketones (excluding diaryl/α,β-unsaturated/α-hetero) is 1. The van der Waals surface area contributed by atoms with Gasteiger partial charge in [-0.15, -0.1) is 0 Å². The van der Waals surface area contributed by atoms with Crippen LogP contribution >= 0.6 is 0 Å². The molecule has 0 bridgehead atoms. The van der Waals surface area contributed by atoms with E-state index < -0.39 is 0 Å². The number of anilines is 3. The van der Waals surface area contributed by atoms with Gasteiger partial charge in [-0.25, -0.2) is 9.97 Å². The third-order valence-corrected chi connectivity index (χ3v) is 4.44. The van der Waals surface area contributed by atoms with Gasteiger partial charge in [-0.1, -0.05) is 25.1 Å². The molecule has 2 aromatic carbocycles. The molecule has 1 aromatic heterocycles. The van der Waals surface area contributed by atoms with Crippen LogP contribution in [0.1, 0.15) is 45.8 Å². The minimum absolute atomic E-state index is 0.00944. The number of amides is 1. The Morgan fingerprint density at radius 2 is 1.79 bits per heavy atom. The van der Waals surface area contributed by atoms with E-state index in [1.165, 1.54) is 13.3 Å². The van der Waals surface area contributed by atoms with Gasteiger partial charge in [0.2, 0.25) is 0 Å². The quantitative estimate of drug-likeness (QED) is 0.619. The van der Waals surface area contributed by atoms with Crippen molar-refractivity contribution in [1.29, 1.82) is 0 Å². The molecule has 6 heteroatoms. The van der Waals surface area contributed by atoms with E-state index in [0.717, 1.165) is 28.9 Å². The molecule has 0 saturated carbocycles. The van der Waals surface area contributed by atoms with Gasteiger partial charge in [-0.05, 0) is 55.7 Å². The van der Waals surface area contributed by atoms with Crippen LogP contribution in [-0.2, 0) is 6.42 Å². The molecule has 0 spiro atoms. The van der Waals surface area contributed by atoms with Crippen molar-refractivity contribution >= 4 is 28.9 Å². The maximum absolute atomic E-state index is 12.7. The summed E-state index contributed by atoms with van der Waals surface area (Å²) in [5, 5.41) is 6.08. The van der Waals surface area contributed by atoms with Gasteiger partial charge in [0.15, 0.2) is 5.78 Å². The van der Waals surface area contributed by atoms with Gasteiger partial charge < -0.3 is 10.6 Å². The van der Waals surface area contributed by atoms with Gasteiger partial charge in [0, 0.05) is 23.0 Å². The first-order valence-electron chi connectivity index (χ1n) is 9.08. The number of aryl methyl sites for hydroxylation is 2. The highest BCUT2D eigenvalue weighted by Crippen LogP contribution is 2.22. The summed E-state index contributed by atoms with van der Waals surface area (Å²) in [6.07, 6.45) is 2.17. The number of ketones is 1. The maximum Gasteiger partial charge on any atom is 0.274 e. The van der Waals surface area contributed by atoms with Crippen LogP contribution in [0.25, 0.3) is 0 Å². The van der Waals surface area contributed by atoms with Gasteiger partial charge in [0.05, 0.1) is 0 Å². The number of aromatic nitrogens is 2. The normalized spacial score (nSPS) is 10.4. The highest BCUT2D eigenvalue weighted by atomic mass is 16.2. The molecular formula is C22H22N4O2. The van der Waals surface area contributed by atoms with E-state index in [1.807, 2.05) is 25.1 Å². The van der Waals surface area contributed by atoms with E-state index in [-0.39, 0.29) is 17.4 Å². The molecule has 2 N–H and O–H groups in total. The molecule has 0 aliphatic carbocycles. The smallest absolute Gasteiger partial charge is 0.274 e. The number of carbonyl (C=O) groups excluding carboxylic acids is 2. The second-order valence-electron chi connectivity index (χ2n) is 6.46. The number of benzene rings is 2. The van der Waals surface area contributed by atoms with Crippen molar-refractivity contribution in [2.45, 2.75) is 27.2 Å². The van der Waals surface area contributed by atoms with Crippen molar-refractivity contribution in [1.82, 2.24) is 9.97 Å². The summed E-state index contributed by atoms with van der Waals surface area (Å²) in [6.45, 7) is 5.54.